The molecule has 80 valence electrons. The van der Waals surface area contributed by atoms with E-state index in [1.54, 1.807) is 14.2 Å². The van der Waals surface area contributed by atoms with Crippen molar-refractivity contribution in [3.8, 4) is 0 Å². The van der Waals surface area contributed by atoms with Gasteiger partial charge >= 0.3 is 0 Å². The minimum atomic E-state index is 0.389. The Labute approximate surface area is 90.4 Å². The first-order valence-electron chi connectivity index (χ1n) is 4.80. The van der Waals surface area contributed by atoms with Crippen molar-refractivity contribution in [3.05, 3.63) is 48.5 Å². The van der Waals surface area contributed by atoms with Crippen LogP contribution in [0.5, 0.6) is 0 Å². The van der Waals surface area contributed by atoms with Crippen LogP contribution in [0.2, 0.25) is 0 Å². The molecule has 0 saturated heterocycles. The largest absolute Gasteiger partial charge is 0.359 e. The van der Waals surface area contributed by atoms with E-state index < -0.39 is 0 Å². The molecule has 2 heteroatoms. The normalized spacial score (nSPS) is 9.47. The van der Waals surface area contributed by atoms with Gasteiger partial charge in [-0.15, -0.1) is 0 Å². The van der Waals surface area contributed by atoms with E-state index in [0.717, 1.165) is 0 Å². The Morgan fingerprint density at radius 2 is 1.07 bits per heavy atom. The van der Waals surface area contributed by atoms with E-state index in [1.165, 1.54) is 10.8 Å². The molecule has 0 unspecified atom stereocenters. The molecule has 2 rings (SSSR count). The highest BCUT2D eigenvalue weighted by molar-refractivity contribution is 5.81. The molecule has 0 atom stereocenters. The molecule has 0 aliphatic carbocycles. The molecule has 0 bridgehead atoms. The van der Waals surface area contributed by atoms with Gasteiger partial charge in [-0.2, -0.15) is 0 Å². The molecule has 0 saturated carbocycles. The third-order valence-corrected chi connectivity index (χ3v) is 1.89. The van der Waals surface area contributed by atoms with Gasteiger partial charge in [-0.3, -0.25) is 0 Å². The maximum Gasteiger partial charge on any atom is 0.145 e. The first-order valence-corrected chi connectivity index (χ1v) is 4.80. The number of fused-ring (bicyclic) bond motifs is 1. The molecule has 0 amide bonds. The van der Waals surface area contributed by atoms with E-state index in [2.05, 4.69) is 58.0 Å². The molecule has 0 aromatic heterocycles. The van der Waals surface area contributed by atoms with Crippen LogP contribution in [0.1, 0.15) is 0 Å². The summed E-state index contributed by atoms with van der Waals surface area (Å²) in [7, 11) is 3.17. The van der Waals surface area contributed by atoms with Crippen molar-refractivity contribution in [3.63, 3.8) is 0 Å². The zero-order valence-electron chi connectivity index (χ0n) is 9.14. The van der Waals surface area contributed by atoms with Gasteiger partial charge in [-0.25, -0.2) is 0 Å². The zero-order chi connectivity index (χ0) is 10.9. The van der Waals surface area contributed by atoms with Crippen LogP contribution in [-0.4, -0.2) is 21.0 Å². The van der Waals surface area contributed by atoms with Crippen LogP contribution in [0.3, 0.4) is 0 Å². The van der Waals surface area contributed by atoms with Crippen molar-refractivity contribution in [2.75, 3.05) is 21.0 Å². The number of ether oxygens (including phenoxy) is 2. The maximum absolute atomic E-state index is 4.47. The summed E-state index contributed by atoms with van der Waals surface area (Å²) in [6.45, 7) is 0.389. The molecular formula is C13H16O2. The topological polar surface area (TPSA) is 18.5 Å². The second-order valence-corrected chi connectivity index (χ2v) is 3.04. The Morgan fingerprint density at radius 3 is 1.27 bits per heavy atom. The summed E-state index contributed by atoms with van der Waals surface area (Å²) in [6.07, 6.45) is 0. The van der Waals surface area contributed by atoms with E-state index in [1.807, 2.05) is 0 Å². The van der Waals surface area contributed by atoms with Gasteiger partial charge in [0.1, 0.15) is 6.79 Å². The standard InChI is InChI=1S/C10H8.C3H8O2/c1-2-6-10-8-4-3-7-9(10)5-1;1-4-3-5-2/h1-8H;3H2,1-2H3. The van der Waals surface area contributed by atoms with Crippen LogP contribution >= 0.6 is 0 Å². The summed E-state index contributed by atoms with van der Waals surface area (Å²) in [5, 5.41) is 2.62. The van der Waals surface area contributed by atoms with Crippen molar-refractivity contribution in [1.82, 2.24) is 0 Å². The fraction of sp³-hybridized carbons (Fsp3) is 0.231. The number of hydrogen-bond donors (Lipinski definition) is 0. The summed E-state index contributed by atoms with van der Waals surface area (Å²) < 4.78 is 8.94. The van der Waals surface area contributed by atoms with Gasteiger partial charge in [0.05, 0.1) is 0 Å². The van der Waals surface area contributed by atoms with Gasteiger partial charge in [-0.05, 0) is 10.8 Å². The Kier molecular flexibility index (Phi) is 5.44. The van der Waals surface area contributed by atoms with Crippen LogP contribution in [0.15, 0.2) is 48.5 Å². The summed E-state index contributed by atoms with van der Waals surface area (Å²) in [5.41, 5.74) is 0. The van der Waals surface area contributed by atoms with E-state index in [4.69, 9.17) is 0 Å². The second-order valence-electron chi connectivity index (χ2n) is 3.04. The Morgan fingerprint density at radius 1 is 0.733 bits per heavy atom. The monoisotopic (exact) mass is 204 g/mol. The van der Waals surface area contributed by atoms with Crippen molar-refractivity contribution < 1.29 is 9.47 Å². The molecule has 0 heterocycles. The third-order valence-electron chi connectivity index (χ3n) is 1.89. The molecule has 0 aliphatic heterocycles. The first kappa shape index (κ1) is 11.7. The molecule has 2 aromatic rings. The smallest absolute Gasteiger partial charge is 0.145 e. The fourth-order valence-electron chi connectivity index (χ4n) is 1.25. The van der Waals surface area contributed by atoms with Gasteiger partial charge in [0, 0.05) is 14.2 Å². The van der Waals surface area contributed by atoms with Crippen molar-refractivity contribution >= 4 is 10.8 Å². The molecule has 0 aliphatic rings. The van der Waals surface area contributed by atoms with Gasteiger partial charge in [-0.1, -0.05) is 48.5 Å². The average molecular weight is 204 g/mol. The van der Waals surface area contributed by atoms with Gasteiger partial charge in [0.25, 0.3) is 0 Å². The Hall–Kier alpha value is -1.38. The van der Waals surface area contributed by atoms with Gasteiger partial charge in [0.2, 0.25) is 0 Å². The third kappa shape index (κ3) is 4.11. The first-order chi connectivity index (χ1) is 7.38. The van der Waals surface area contributed by atoms with Crippen LogP contribution < -0.4 is 0 Å². The van der Waals surface area contributed by atoms with E-state index >= 15 is 0 Å². The second kappa shape index (κ2) is 6.98. The lowest BCUT2D eigenvalue weighted by Gasteiger charge is -1.92. The Bertz CT molecular complexity index is 317. The lowest BCUT2D eigenvalue weighted by molar-refractivity contribution is -0.00271. The molecule has 15 heavy (non-hydrogen) atoms. The Balaban J connectivity index is 0.000000195. The molecule has 0 radical (unpaired) electrons. The predicted octanol–water partition coefficient (Wildman–Crippen LogP) is 3.08. The number of benzene rings is 2. The highest BCUT2D eigenvalue weighted by Crippen LogP contribution is 2.11. The van der Waals surface area contributed by atoms with E-state index in [-0.39, 0.29) is 0 Å². The molecule has 2 nitrogen and oxygen atoms in total. The predicted molar refractivity (Wildman–Crippen MR) is 62.8 cm³/mol. The maximum atomic E-state index is 4.47. The van der Waals surface area contributed by atoms with Crippen molar-refractivity contribution in [2.45, 2.75) is 0 Å². The summed E-state index contributed by atoms with van der Waals surface area (Å²) in [5.74, 6) is 0. The van der Waals surface area contributed by atoms with Gasteiger partial charge in [0.15, 0.2) is 0 Å². The van der Waals surface area contributed by atoms with Crippen LogP contribution in [0, 0.1) is 0 Å². The fourth-order valence-corrected chi connectivity index (χ4v) is 1.25. The lowest BCUT2D eigenvalue weighted by atomic mass is 10.1. The summed E-state index contributed by atoms with van der Waals surface area (Å²) >= 11 is 0. The molecule has 0 fully saturated rings. The molecule has 2 aromatic carbocycles. The van der Waals surface area contributed by atoms with Gasteiger partial charge < -0.3 is 9.47 Å². The van der Waals surface area contributed by atoms with Crippen molar-refractivity contribution in [2.24, 2.45) is 0 Å². The van der Waals surface area contributed by atoms with E-state index in [0.29, 0.717) is 6.79 Å². The summed E-state index contributed by atoms with van der Waals surface area (Å²) in [6, 6.07) is 16.7. The average Bonchev–Trinajstić information content (AvgIpc) is 2.31. The number of hydrogen-bond acceptors (Lipinski definition) is 2. The SMILES string of the molecule is COCOC.c1ccc2ccccc2c1. The molecule has 0 N–H and O–H groups in total. The lowest BCUT2D eigenvalue weighted by Crippen LogP contribution is -1.87. The van der Waals surface area contributed by atoms with Crippen LogP contribution in [-0.2, 0) is 9.47 Å². The zero-order valence-corrected chi connectivity index (χ0v) is 9.14. The van der Waals surface area contributed by atoms with Crippen LogP contribution in [0.25, 0.3) is 10.8 Å². The molecule has 0 spiro atoms. The summed E-state index contributed by atoms with van der Waals surface area (Å²) in [4.78, 5) is 0. The highest BCUT2D eigenvalue weighted by atomic mass is 16.6. The van der Waals surface area contributed by atoms with Crippen LogP contribution in [0.4, 0.5) is 0 Å². The quantitative estimate of drug-likeness (QED) is 0.700. The highest BCUT2D eigenvalue weighted by Gasteiger charge is 1.85. The minimum Gasteiger partial charge on any atom is -0.359 e. The number of methoxy groups -OCH3 is 2. The van der Waals surface area contributed by atoms with E-state index in [9.17, 15) is 0 Å². The van der Waals surface area contributed by atoms with Crippen molar-refractivity contribution in [1.29, 1.82) is 0 Å². The number of rotatable bonds is 2. The molecular weight excluding hydrogens is 188 g/mol. The minimum absolute atomic E-state index is 0.389.